The second kappa shape index (κ2) is 10.2. The van der Waals surface area contributed by atoms with Gasteiger partial charge in [0, 0.05) is 5.69 Å². The number of carbonyl (C=O) groups excluding carboxylic acids is 3. The van der Waals surface area contributed by atoms with Crippen molar-refractivity contribution in [2.75, 3.05) is 18.5 Å². The number of nitriles is 1. The van der Waals surface area contributed by atoms with E-state index in [1.165, 1.54) is 24.3 Å². The fourth-order valence-electron chi connectivity index (χ4n) is 2.19. The molecule has 0 heterocycles. The van der Waals surface area contributed by atoms with E-state index in [9.17, 15) is 18.8 Å². The SMILES string of the molecule is CCCOC(=O)c1cc(NC(=O)COC(=O)c2ccc(C#N)cc2F)ccc1Cl. The predicted octanol–water partition coefficient (Wildman–Crippen LogP) is 3.71. The fourth-order valence-corrected chi connectivity index (χ4v) is 2.38. The van der Waals surface area contributed by atoms with E-state index in [-0.39, 0.29) is 28.4 Å². The lowest BCUT2D eigenvalue weighted by molar-refractivity contribution is -0.119. The second-order valence-corrected chi connectivity index (χ2v) is 6.17. The van der Waals surface area contributed by atoms with Crippen LogP contribution >= 0.6 is 11.6 Å². The van der Waals surface area contributed by atoms with Crippen molar-refractivity contribution in [1.82, 2.24) is 0 Å². The standard InChI is InChI=1S/C20H16ClFN2O5/c1-2-7-28-20(27)15-9-13(4-6-16(15)21)24-18(25)11-29-19(26)14-5-3-12(10-23)8-17(14)22/h3-6,8-9H,2,7,11H2,1H3,(H,24,25). The van der Waals surface area contributed by atoms with Gasteiger partial charge in [0.2, 0.25) is 0 Å². The number of amides is 1. The van der Waals surface area contributed by atoms with E-state index in [1.54, 1.807) is 6.07 Å². The molecule has 0 aliphatic rings. The zero-order valence-corrected chi connectivity index (χ0v) is 16.1. The Morgan fingerprint density at radius 3 is 2.48 bits per heavy atom. The molecule has 0 fully saturated rings. The van der Waals surface area contributed by atoms with Crippen LogP contribution in [0.5, 0.6) is 0 Å². The van der Waals surface area contributed by atoms with Crippen molar-refractivity contribution >= 4 is 35.1 Å². The molecule has 1 amide bonds. The minimum Gasteiger partial charge on any atom is -0.462 e. The Hall–Kier alpha value is -3.44. The molecule has 2 aromatic rings. The Morgan fingerprint density at radius 1 is 1.10 bits per heavy atom. The van der Waals surface area contributed by atoms with Crippen molar-refractivity contribution in [3.05, 3.63) is 63.9 Å². The van der Waals surface area contributed by atoms with Gasteiger partial charge in [0.15, 0.2) is 6.61 Å². The quantitative estimate of drug-likeness (QED) is 0.687. The monoisotopic (exact) mass is 418 g/mol. The lowest BCUT2D eigenvalue weighted by Crippen LogP contribution is -2.21. The number of hydrogen-bond acceptors (Lipinski definition) is 6. The average Bonchev–Trinajstić information content (AvgIpc) is 2.71. The molecule has 2 rings (SSSR count). The summed E-state index contributed by atoms with van der Waals surface area (Å²) in [6.45, 7) is 1.39. The van der Waals surface area contributed by atoms with Crippen LogP contribution in [0, 0.1) is 17.1 Å². The van der Waals surface area contributed by atoms with Crippen molar-refractivity contribution in [3.63, 3.8) is 0 Å². The summed E-state index contributed by atoms with van der Waals surface area (Å²) in [4.78, 5) is 35.9. The highest BCUT2D eigenvalue weighted by Crippen LogP contribution is 2.21. The normalized spacial score (nSPS) is 10.0. The molecule has 2 aromatic carbocycles. The van der Waals surface area contributed by atoms with Crippen molar-refractivity contribution in [2.24, 2.45) is 0 Å². The highest BCUT2D eigenvalue weighted by molar-refractivity contribution is 6.33. The van der Waals surface area contributed by atoms with E-state index >= 15 is 0 Å². The van der Waals surface area contributed by atoms with Crippen LogP contribution in [0.4, 0.5) is 10.1 Å². The van der Waals surface area contributed by atoms with E-state index in [4.69, 9.17) is 26.3 Å². The number of halogens is 2. The Labute approximate surface area is 171 Å². The third-order valence-corrected chi connectivity index (χ3v) is 3.89. The minimum atomic E-state index is -1.05. The number of nitrogens with zero attached hydrogens (tertiary/aromatic N) is 1. The molecule has 9 heteroatoms. The van der Waals surface area contributed by atoms with Gasteiger partial charge >= 0.3 is 11.9 Å². The van der Waals surface area contributed by atoms with E-state index in [2.05, 4.69) is 5.32 Å². The summed E-state index contributed by atoms with van der Waals surface area (Å²) in [6.07, 6.45) is 0.644. The Morgan fingerprint density at radius 2 is 1.83 bits per heavy atom. The lowest BCUT2D eigenvalue weighted by atomic mass is 10.1. The fraction of sp³-hybridized carbons (Fsp3) is 0.200. The van der Waals surface area contributed by atoms with Crippen LogP contribution in [0.2, 0.25) is 5.02 Å². The van der Waals surface area contributed by atoms with Gasteiger partial charge in [0.1, 0.15) is 5.82 Å². The summed E-state index contributed by atoms with van der Waals surface area (Å²) in [6, 6.07) is 9.19. The predicted molar refractivity (Wildman–Crippen MR) is 102 cm³/mol. The molecule has 0 radical (unpaired) electrons. The van der Waals surface area contributed by atoms with Crippen LogP contribution in [0.1, 0.15) is 39.6 Å². The largest absolute Gasteiger partial charge is 0.462 e. The summed E-state index contributed by atoms with van der Waals surface area (Å²) >= 11 is 5.98. The van der Waals surface area contributed by atoms with Crippen LogP contribution in [0.3, 0.4) is 0 Å². The molecule has 150 valence electrons. The molecule has 0 aromatic heterocycles. The van der Waals surface area contributed by atoms with Crippen LogP contribution in [0.15, 0.2) is 36.4 Å². The van der Waals surface area contributed by atoms with Gasteiger partial charge in [-0.2, -0.15) is 5.26 Å². The first-order chi connectivity index (χ1) is 13.8. The van der Waals surface area contributed by atoms with Gasteiger partial charge in [0.25, 0.3) is 5.91 Å². The number of rotatable bonds is 7. The third kappa shape index (κ3) is 6.02. The van der Waals surface area contributed by atoms with E-state index in [0.29, 0.717) is 6.42 Å². The van der Waals surface area contributed by atoms with Gasteiger partial charge in [-0.15, -0.1) is 0 Å². The van der Waals surface area contributed by atoms with Crippen LogP contribution < -0.4 is 5.32 Å². The Kier molecular flexibility index (Phi) is 7.69. The number of ether oxygens (including phenoxy) is 2. The van der Waals surface area contributed by atoms with Gasteiger partial charge in [-0.25, -0.2) is 14.0 Å². The number of anilines is 1. The van der Waals surface area contributed by atoms with Crippen molar-refractivity contribution in [2.45, 2.75) is 13.3 Å². The molecule has 0 unspecified atom stereocenters. The zero-order valence-electron chi connectivity index (χ0n) is 15.3. The number of hydrogen-bond donors (Lipinski definition) is 1. The molecule has 0 bridgehead atoms. The summed E-state index contributed by atoms with van der Waals surface area (Å²) in [7, 11) is 0. The molecule has 29 heavy (non-hydrogen) atoms. The Bertz CT molecular complexity index is 987. The number of carbonyl (C=O) groups is 3. The Balaban J connectivity index is 1.98. The number of esters is 2. The maximum absolute atomic E-state index is 13.8. The van der Waals surface area contributed by atoms with Gasteiger partial charge in [-0.1, -0.05) is 18.5 Å². The molecule has 0 saturated carbocycles. The van der Waals surface area contributed by atoms with Gasteiger partial charge in [-0.05, 0) is 42.8 Å². The zero-order chi connectivity index (χ0) is 21.4. The first-order valence-corrected chi connectivity index (χ1v) is 8.86. The highest BCUT2D eigenvalue weighted by atomic mass is 35.5. The molecule has 0 saturated heterocycles. The molecular weight excluding hydrogens is 403 g/mol. The molecule has 0 spiro atoms. The van der Waals surface area contributed by atoms with Crippen molar-refractivity contribution in [1.29, 1.82) is 5.26 Å². The molecule has 0 atom stereocenters. The molecule has 0 aliphatic heterocycles. The van der Waals surface area contributed by atoms with Gasteiger partial charge in [0.05, 0.1) is 34.4 Å². The third-order valence-electron chi connectivity index (χ3n) is 3.56. The number of benzene rings is 2. The maximum Gasteiger partial charge on any atom is 0.341 e. The highest BCUT2D eigenvalue weighted by Gasteiger charge is 2.17. The minimum absolute atomic E-state index is 0.0489. The van der Waals surface area contributed by atoms with Gasteiger partial charge in [-0.3, -0.25) is 4.79 Å². The van der Waals surface area contributed by atoms with Crippen LogP contribution in [-0.4, -0.2) is 31.1 Å². The summed E-state index contributed by atoms with van der Waals surface area (Å²) in [5, 5.41) is 11.3. The molecule has 7 nitrogen and oxygen atoms in total. The van der Waals surface area contributed by atoms with Crippen LogP contribution in [-0.2, 0) is 14.3 Å². The van der Waals surface area contributed by atoms with Crippen LogP contribution in [0.25, 0.3) is 0 Å². The van der Waals surface area contributed by atoms with E-state index < -0.39 is 35.8 Å². The summed E-state index contributed by atoms with van der Waals surface area (Å²) < 4.78 is 23.6. The van der Waals surface area contributed by atoms with Crippen molar-refractivity contribution in [3.8, 4) is 6.07 Å². The molecular formula is C20H16ClFN2O5. The first kappa shape index (κ1) is 21.9. The molecule has 1 N–H and O–H groups in total. The average molecular weight is 419 g/mol. The maximum atomic E-state index is 13.8. The smallest absolute Gasteiger partial charge is 0.341 e. The van der Waals surface area contributed by atoms with Crippen molar-refractivity contribution < 1.29 is 28.2 Å². The first-order valence-electron chi connectivity index (χ1n) is 8.49. The lowest BCUT2D eigenvalue weighted by Gasteiger charge is -2.10. The molecule has 0 aliphatic carbocycles. The van der Waals surface area contributed by atoms with E-state index in [0.717, 1.165) is 12.1 Å². The number of nitrogens with one attached hydrogen (secondary N) is 1. The van der Waals surface area contributed by atoms with E-state index in [1.807, 2.05) is 6.92 Å². The second-order valence-electron chi connectivity index (χ2n) is 5.76. The summed E-state index contributed by atoms with van der Waals surface area (Å²) in [5.41, 5.74) is -0.0323. The summed E-state index contributed by atoms with van der Waals surface area (Å²) in [5.74, 6) is -3.32. The van der Waals surface area contributed by atoms with Gasteiger partial charge < -0.3 is 14.8 Å². The topological polar surface area (TPSA) is 105 Å².